The minimum absolute atomic E-state index is 0.0142. The molecule has 0 N–H and O–H groups in total. The van der Waals surface area contributed by atoms with Gasteiger partial charge < -0.3 is 4.74 Å². The quantitative estimate of drug-likeness (QED) is 0.632. The summed E-state index contributed by atoms with van der Waals surface area (Å²) in [5, 5.41) is -0.0142. The van der Waals surface area contributed by atoms with E-state index < -0.39 is 6.36 Å². The number of rotatable bonds is 3. The van der Waals surface area contributed by atoms with Gasteiger partial charge in [0.15, 0.2) is 6.29 Å². The van der Waals surface area contributed by atoms with E-state index in [-0.39, 0.29) is 16.5 Å². The summed E-state index contributed by atoms with van der Waals surface area (Å²) in [6.07, 6.45) is -4.21. The van der Waals surface area contributed by atoms with Crippen LogP contribution in [-0.2, 0) is 0 Å². The van der Waals surface area contributed by atoms with E-state index in [1.807, 2.05) is 0 Å². The Morgan fingerprint density at radius 1 is 1.20 bits per heavy atom. The molecule has 3 nitrogen and oxygen atoms in total. The molecule has 0 aliphatic carbocycles. The highest BCUT2D eigenvalue weighted by Gasteiger charge is 2.31. The Balaban J connectivity index is 2.36. The monoisotopic (exact) mass is 301 g/mol. The number of aromatic nitrogens is 1. The molecule has 0 aliphatic heterocycles. The van der Waals surface area contributed by atoms with Crippen molar-refractivity contribution in [2.45, 2.75) is 6.36 Å². The summed E-state index contributed by atoms with van der Waals surface area (Å²) >= 11 is 5.77. The second-order valence-corrected chi connectivity index (χ2v) is 4.13. The summed E-state index contributed by atoms with van der Waals surface area (Å²) in [6.45, 7) is 0. The molecule has 104 valence electrons. The fourth-order valence-electron chi connectivity index (χ4n) is 1.55. The van der Waals surface area contributed by atoms with E-state index >= 15 is 0 Å². The topological polar surface area (TPSA) is 39.2 Å². The zero-order valence-corrected chi connectivity index (χ0v) is 10.6. The van der Waals surface area contributed by atoms with E-state index in [0.717, 1.165) is 0 Å². The minimum atomic E-state index is -4.76. The molecule has 0 spiro atoms. The number of aldehydes is 1. The van der Waals surface area contributed by atoms with Gasteiger partial charge in [-0.3, -0.25) is 4.79 Å². The summed E-state index contributed by atoms with van der Waals surface area (Å²) in [5.74, 6) is -0.354. The lowest BCUT2D eigenvalue weighted by Crippen LogP contribution is -2.17. The molecule has 0 amide bonds. The van der Waals surface area contributed by atoms with Gasteiger partial charge in [0.25, 0.3) is 0 Å². The van der Waals surface area contributed by atoms with Gasteiger partial charge in [-0.25, -0.2) is 4.98 Å². The molecule has 0 unspecified atom stereocenters. The average molecular weight is 302 g/mol. The Hall–Kier alpha value is -2.08. The van der Waals surface area contributed by atoms with E-state index in [2.05, 4.69) is 9.72 Å². The van der Waals surface area contributed by atoms with Gasteiger partial charge in [-0.2, -0.15) is 0 Å². The van der Waals surface area contributed by atoms with E-state index in [9.17, 15) is 18.0 Å². The third-order valence-electron chi connectivity index (χ3n) is 2.37. The highest BCUT2D eigenvalue weighted by atomic mass is 35.5. The van der Waals surface area contributed by atoms with Crippen molar-refractivity contribution in [2.75, 3.05) is 0 Å². The predicted molar refractivity (Wildman–Crippen MR) is 66.8 cm³/mol. The molecule has 2 rings (SSSR count). The van der Waals surface area contributed by atoms with Crippen molar-refractivity contribution in [3.05, 3.63) is 47.1 Å². The van der Waals surface area contributed by atoms with Crippen LogP contribution < -0.4 is 4.74 Å². The first-order valence-electron chi connectivity index (χ1n) is 5.37. The average Bonchev–Trinajstić information content (AvgIpc) is 2.37. The largest absolute Gasteiger partial charge is 0.573 e. The number of carbonyl (C=O) groups is 1. The van der Waals surface area contributed by atoms with Crippen molar-refractivity contribution in [1.29, 1.82) is 0 Å². The van der Waals surface area contributed by atoms with Crippen LogP contribution in [0.1, 0.15) is 10.4 Å². The number of nitrogens with zero attached hydrogens (tertiary/aromatic N) is 1. The molecule has 0 saturated heterocycles. The van der Waals surface area contributed by atoms with E-state index in [4.69, 9.17) is 11.6 Å². The van der Waals surface area contributed by atoms with Crippen LogP contribution in [0, 0.1) is 0 Å². The second-order valence-electron chi connectivity index (χ2n) is 3.77. The molecule has 7 heteroatoms. The van der Waals surface area contributed by atoms with Crippen molar-refractivity contribution in [3.63, 3.8) is 0 Å². The van der Waals surface area contributed by atoms with Crippen LogP contribution in [0.15, 0.2) is 36.4 Å². The summed E-state index contributed by atoms with van der Waals surface area (Å²) in [6, 6.07) is 8.25. The summed E-state index contributed by atoms with van der Waals surface area (Å²) in [7, 11) is 0. The lowest BCUT2D eigenvalue weighted by molar-refractivity contribution is -0.274. The second kappa shape index (κ2) is 5.50. The van der Waals surface area contributed by atoms with Crippen LogP contribution in [0.2, 0.25) is 5.15 Å². The van der Waals surface area contributed by atoms with Gasteiger partial charge in [-0.15, -0.1) is 13.2 Å². The minimum Gasteiger partial charge on any atom is -0.406 e. The smallest absolute Gasteiger partial charge is 0.406 e. The molecule has 0 aliphatic rings. The van der Waals surface area contributed by atoms with Crippen LogP contribution in [0.4, 0.5) is 13.2 Å². The maximum atomic E-state index is 12.1. The van der Waals surface area contributed by atoms with E-state index in [1.165, 1.54) is 30.3 Å². The van der Waals surface area contributed by atoms with Gasteiger partial charge in [0, 0.05) is 5.56 Å². The Kier molecular flexibility index (Phi) is 3.94. The van der Waals surface area contributed by atoms with Gasteiger partial charge in [0.1, 0.15) is 10.9 Å². The number of hydrogen-bond acceptors (Lipinski definition) is 3. The van der Waals surface area contributed by atoms with Gasteiger partial charge in [-0.1, -0.05) is 23.7 Å². The zero-order chi connectivity index (χ0) is 14.8. The van der Waals surface area contributed by atoms with E-state index in [1.54, 1.807) is 6.07 Å². The Morgan fingerprint density at radius 3 is 2.55 bits per heavy atom. The number of pyridine rings is 1. The van der Waals surface area contributed by atoms with Crippen LogP contribution in [0.25, 0.3) is 11.3 Å². The molecule has 2 aromatic rings. The molecule has 1 aromatic heterocycles. The first kappa shape index (κ1) is 14.3. The molecule has 20 heavy (non-hydrogen) atoms. The summed E-state index contributed by atoms with van der Waals surface area (Å²) in [4.78, 5) is 14.6. The van der Waals surface area contributed by atoms with Gasteiger partial charge in [-0.05, 0) is 24.3 Å². The fraction of sp³-hybridized carbons (Fsp3) is 0.0769. The Bertz CT molecular complexity index is 644. The molecule has 0 radical (unpaired) electrons. The third kappa shape index (κ3) is 3.48. The molecule has 0 saturated carbocycles. The maximum Gasteiger partial charge on any atom is 0.573 e. The molecule has 1 aromatic carbocycles. The number of alkyl halides is 3. The van der Waals surface area contributed by atoms with Crippen LogP contribution in [-0.4, -0.2) is 17.6 Å². The summed E-state index contributed by atoms with van der Waals surface area (Å²) in [5.41, 5.74) is 0.942. The highest BCUT2D eigenvalue weighted by Crippen LogP contribution is 2.28. The molecule has 1 heterocycles. The van der Waals surface area contributed by atoms with Crippen LogP contribution in [0.3, 0.4) is 0 Å². The predicted octanol–water partition coefficient (Wildman–Crippen LogP) is 4.11. The normalized spacial score (nSPS) is 11.2. The third-order valence-corrected chi connectivity index (χ3v) is 2.67. The van der Waals surface area contributed by atoms with Gasteiger partial charge >= 0.3 is 6.36 Å². The summed E-state index contributed by atoms with van der Waals surface area (Å²) < 4.78 is 40.2. The van der Waals surface area contributed by atoms with E-state index in [0.29, 0.717) is 17.5 Å². The molecule has 0 atom stereocenters. The molecular formula is C13H7ClF3NO2. The Labute approximate surface area is 117 Å². The van der Waals surface area contributed by atoms with Crippen molar-refractivity contribution in [3.8, 4) is 17.0 Å². The SMILES string of the molecule is O=Cc1ccc(-c2cccc(OC(F)(F)F)c2)nc1Cl. The van der Waals surface area contributed by atoms with Gasteiger partial charge in [0.2, 0.25) is 0 Å². The molecule has 0 bridgehead atoms. The van der Waals surface area contributed by atoms with Gasteiger partial charge in [0.05, 0.1) is 11.3 Å². The van der Waals surface area contributed by atoms with Crippen LogP contribution in [0.5, 0.6) is 5.75 Å². The maximum absolute atomic E-state index is 12.1. The lowest BCUT2D eigenvalue weighted by atomic mass is 10.1. The van der Waals surface area contributed by atoms with Crippen molar-refractivity contribution < 1.29 is 22.7 Å². The first-order valence-corrected chi connectivity index (χ1v) is 5.75. The van der Waals surface area contributed by atoms with Crippen molar-refractivity contribution in [2.24, 2.45) is 0 Å². The van der Waals surface area contributed by atoms with Crippen molar-refractivity contribution >= 4 is 17.9 Å². The van der Waals surface area contributed by atoms with Crippen LogP contribution >= 0.6 is 11.6 Å². The number of halogens is 4. The Morgan fingerprint density at radius 2 is 1.95 bits per heavy atom. The number of carbonyl (C=O) groups excluding carboxylic acids is 1. The van der Waals surface area contributed by atoms with Crippen molar-refractivity contribution in [1.82, 2.24) is 4.98 Å². The standard InChI is InChI=1S/C13H7ClF3NO2/c14-12-9(7-19)4-5-11(18-12)8-2-1-3-10(6-8)20-13(15,16)17/h1-7H. The lowest BCUT2D eigenvalue weighted by Gasteiger charge is -2.10. The number of hydrogen-bond donors (Lipinski definition) is 0. The number of ether oxygens (including phenoxy) is 1. The number of benzene rings is 1. The highest BCUT2D eigenvalue weighted by molar-refractivity contribution is 6.31. The molecule has 0 fully saturated rings. The molecular weight excluding hydrogens is 295 g/mol. The first-order chi connectivity index (χ1) is 9.39. The fourth-order valence-corrected chi connectivity index (χ4v) is 1.74. The zero-order valence-electron chi connectivity index (χ0n) is 9.82.